The summed E-state index contributed by atoms with van der Waals surface area (Å²) in [5.74, 6) is -0.545. The van der Waals surface area contributed by atoms with Crippen molar-refractivity contribution < 1.29 is 9.53 Å². The zero-order valence-corrected chi connectivity index (χ0v) is 11.1. The van der Waals surface area contributed by atoms with Gasteiger partial charge in [-0.1, -0.05) is 0 Å². The van der Waals surface area contributed by atoms with E-state index >= 15 is 0 Å². The summed E-state index contributed by atoms with van der Waals surface area (Å²) in [5.41, 5.74) is 7.74. The van der Waals surface area contributed by atoms with E-state index in [0.29, 0.717) is 0 Å². The molecular weight excluding hydrogens is 244 g/mol. The van der Waals surface area contributed by atoms with Crippen LogP contribution in [-0.4, -0.2) is 27.8 Å². The van der Waals surface area contributed by atoms with Crippen molar-refractivity contribution in [1.82, 2.24) is 14.8 Å². The van der Waals surface area contributed by atoms with Crippen LogP contribution in [0.25, 0.3) is 11.3 Å². The number of anilines is 1. The van der Waals surface area contributed by atoms with Gasteiger partial charge in [0.15, 0.2) is 5.69 Å². The van der Waals surface area contributed by atoms with Gasteiger partial charge in [-0.15, -0.1) is 0 Å². The van der Waals surface area contributed by atoms with Gasteiger partial charge in [0, 0.05) is 24.0 Å². The molecular formula is C13H16N4O2. The fourth-order valence-corrected chi connectivity index (χ4v) is 1.67. The molecule has 0 unspecified atom stereocenters. The quantitative estimate of drug-likeness (QED) is 0.852. The number of hydrogen-bond acceptors (Lipinski definition) is 5. The zero-order valence-electron chi connectivity index (χ0n) is 11.1. The van der Waals surface area contributed by atoms with Crippen molar-refractivity contribution in [1.29, 1.82) is 0 Å². The summed E-state index contributed by atoms with van der Waals surface area (Å²) >= 11 is 0. The first-order chi connectivity index (χ1) is 9.02. The van der Waals surface area contributed by atoms with Crippen molar-refractivity contribution in [2.24, 2.45) is 0 Å². The second-order valence-corrected chi connectivity index (χ2v) is 4.43. The van der Waals surface area contributed by atoms with Crippen LogP contribution < -0.4 is 5.73 Å². The summed E-state index contributed by atoms with van der Waals surface area (Å²) in [6.07, 6.45) is 3.46. The second-order valence-electron chi connectivity index (χ2n) is 4.43. The Kier molecular flexibility index (Phi) is 3.50. The molecule has 0 saturated carbocycles. The molecule has 0 spiro atoms. The Morgan fingerprint density at radius 3 is 2.74 bits per heavy atom. The molecule has 2 N–H and O–H groups in total. The molecule has 6 nitrogen and oxygen atoms in total. The maximum Gasteiger partial charge on any atom is 0.358 e. The fraction of sp³-hybridized carbons (Fsp3) is 0.308. The lowest BCUT2D eigenvalue weighted by Crippen LogP contribution is -2.08. The summed E-state index contributed by atoms with van der Waals surface area (Å²) in [4.78, 5) is 15.4. The van der Waals surface area contributed by atoms with E-state index in [1.807, 2.05) is 30.8 Å². The van der Waals surface area contributed by atoms with Crippen molar-refractivity contribution in [3.63, 3.8) is 0 Å². The Balaban J connectivity index is 2.35. The number of carbonyl (C=O) groups is 1. The Hall–Kier alpha value is -2.37. The van der Waals surface area contributed by atoms with E-state index in [0.717, 1.165) is 11.3 Å². The number of hydrogen-bond donors (Lipinski definition) is 1. The Bertz CT molecular complexity index is 604. The molecule has 0 amide bonds. The molecule has 0 fully saturated rings. The summed E-state index contributed by atoms with van der Waals surface area (Å²) in [7, 11) is 1.29. The molecule has 6 heteroatoms. The highest BCUT2D eigenvalue weighted by Crippen LogP contribution is 2.21. The van der Waals surface area contributed by atoms with Gasteiger partial charge in [0.1, 0.15) is 0 Å². The number of rotatable bonds is 3. The van der Waals surface area contributed by atoms with Gasteiger partial charge in [-0.3, -0.25) is 4.68 Å². The number of carbonyl (C=O) groups excluding carboxylic acids is 1. The van der Waals surface area contributed by atoms with Crippen LogP contribution in [-0.2, 0) is 4.74 Å². The van der Waals surface area contributed by atoms with Gasteiger partial charge < -0.3 is 10.5 Å². The Labute approximate surface area is 111 Å². The molecule has 19 heavy (non-hydrogen) atoms. The van der Waals surface area contributed by atoms with Crippen molar-refractivity contribution in [3.05, 3.63) is 30.2 Å². The first-order valence-electron chi connectivity index (χ1n) is 5.92. The van der Waals surface area contributed by atoms with Crippen LogP contribution >= 0.6 is 0 Å². The van der Waals surface area contributed by atoms with Crippen molar-refractivity contribution in [2.75, 3.05) is 12.8 Å². The van der Waals surface area contributed by atoms with Crippen molar-refractivity contribution in [3.8, 4) is 11.3 Å². The van der Waals surface area contributed by atoms with Crippen LogP contribution in [0.2, 0.25) is 0 Å². The number of pyridine rings is 1. The monoisotopic (exact) mass is 260 g/mol. The molecule has 0 saturated heterocycles. The van der Waals surface area contributed by atoms with Gasteiger partial charge in [0.2, 0.25) is 0 Å². The van der Waals surface area contributed by atoms with E-state index < -0.39 is 5.97 Å². The summed E-state index contributed by atoms with van der Waals surface area (Å²) in [6, 6.07) is 3.84. The van der Waals surface area contributed by atoms with Gasteiger partial charge in [-0.25, -0.2) is 9.78 Å². The summed E-state index contributed by atoms with van der Waals surface area (Å²) in [6.45, 7) is 4.09. The Morgan fingerprint density at radius 1 is 1.47 bits per heavy atom. The molecule has 2 aromatic heterocycles. The largest absolute Gasteiger partial charge is 0.464 e. The van der Waals surface area contributed by atoms with Crippen LogP contribution in [0.4, 0.5) is 5.69 Å². The van der Waals surface area contributed by atoms with Crippen LogP contribution in [0.15, 0.2) is 24.5 Å². The Morgan fingerprint density at radius 2 is 2.21 bits per heavy atom. The van der Waals surface area contributed by atoms with Crippen LogP contribution in [0.1, 0.15) is 30.4 Å². The lowest BCUT2D eigenvalue weighted by Gasteiger charge is -2.05. The third-order valence-corrected chi connectivity index (χ3v) is 2.73. The predicted octanol–water partition coefficient (Wildman–Crippen LogP) is 1.89. The van der Waals surface area contributed by atoms with Crippen LogP contribution in [0.5, 0.6) is 0 Å². The molecule has 0 aliphatic carbocycles. The molecule has 0 aliphatic heterocycles. The van der Waals surface area contributed by atoms with Gasteiger partial charge in [0.05, 0.1) is 18.5 Å². The highest BCUT2D eigenvalue weighted by molar-refractivity contribution is 5.93. The number of esters is 1. The minimum absolute atomic E-state index is 0.120. The lowest BCUT2D eigenvalue weighted by atomic mass is 10.2. The highest BCUT2D eigenvalue weighted by Gasteiger charge is 2.13. The lowest BCUT2D eigenvalue weighted by molar-refractivity contribution is 0.0595. The molecule has 100 valence electrons. The molecule has 2 aromatic rings. The van der Waals surface area contributed by atoms with Gasteiger partial charge >= 0.3 is 5.97 Å². The molecule has 0 aromatic carbocycles. The van der Waals surface area contributed by atoms with E-state index in [4.69, 9.17) is 5.73 Å². The van der Waals surface area contributed by atoms with E-state index in [1.54, 1.807) is 12.3 Å². The number of nitrogens with two attached hydrogens (primary N) is 1. The topological polar surface area (TPSA) is 83.0 Å². The molecule has 2 heterocycles. The normalized spacial score (nSPS) is 10.7. The van der Waals surface area contributed by atoms with Gasteiger partial charge in [-0.2, -0.15) is 5.10 Å². The average molecular weight is 260 g/mol. The summed E-state index contributed by atoms with van der Waals surface area (Å²) < 4.78 is 6.44. The second kappa shape index (κ2) is 5.09. The first kappa shape index (κ1) is 13.1. The van der Waals surface area contributed by atoms with E-state index in [9.17, 15) is 4.79 Å². The maximum absolute atomic E-state index is 11.4. The summed E-state index contributed by atoms with van der Waals surface area (Å²) in [5, 5.41) is 4.42. The van der Waals surface area contributed by atoms with E-state index in [2.05, 4.69) is 14.8 Å². The number of aromatic nitrogens is 3. The molecule has 0 aliphatic rings. The molecule has 0 bridgehead atoms. The van der Waals surface area contributed by atoms with E-state index in [-0.39, 0.29) is 17.4 Å². The minimum Gasteiger partial charge on any atom is -0.464 e. The van der Waals surface area contributed by atoms with Gasteiger partial charge in [0.25, 0.3) is 0 Å². The first-order valence-corrected chi connectivity index (χ1v) is 5.92. The maximum atomic E-state index is 11.4. The molecule has 0 radical (unpaired) electrons. The van der Waals surface area contributed by atoms with Crippen LogP contribution in [0, 0.1) is 0 Å². The number of methoxy groups -OCH3 is 1. The molecule has 2 rings (SSSR count). The SMILES string of the molecule is COC(=O)c1ncc(-c2ccn(C(C)C)n2)cc1N. The molecule has 0 atom stereocenters. The van der Waals surface area contributed by atoms with Crippen LogP contribution in [0.3, 0.4) is 0 Å². The van der Waals surface area contributed by atoms with E-state index in [1.165, 1.54) is 7.11 Å². The standard InChI is InChI=1S/C13H16N4O2/c1-8(2)17-5-4-11(16-17)9-6-10(14)12(15-7-9)13(18)19-3/h4-8H,14H2,1-3H3. The number of ether oxygens (including phenoxy) is 1. The zero-order chi connectivity index (χ0) is 14.0. The van der Waals surface area contributed by atoms with Crippen molar-refractivity contribution >= 4 is 11.7 Å². The van der Waals surface area contributed by atoms with Crippen molar-refractivity contribution in [2.45, 2.75) is 19.9 Å². The van der Waals surface area contributed by atoms with Gasteiger partial charge in [-0.05, 0) is 26.0 Å². The number of nitrogens with zero attached hydrogens (tertiary/aromatic N) is 3. The number of nitrogen functional groups attached to an aromatic ring is 1. The third kappa shape index (κ3) is 2.57. The third-order valence-electron chi connectivity index (χ3n) is 2.73. The highest BCUT2D eigenvalue weighted by atomic mass is 16.5. The minimum atomic E-state index is -0.545. The average Bonchev–Trinajstić information content (AvgIpc) is 2.87. The fourth-order valence-electron chi connectivity index (χ4n) is 1.67. The predicted molar refractivity (Wildman–Crippen MR) is 71.6 cm³/mol. The smallest absolute Gasteiger partial charge is 0.358 e.